The quantitative estimate of drug-likeness (QED) is 0.506. The van der Waals surface area contributed by atoms with Crippen molar-refractivity contribution in [3.63, 3.8) is 0 Å². The van der Waals surface area contributed by atoms with E-state index in [1.165, 1.54) is 7.11 Å². The topological polar surface area (TPSA) is 22.1 Å². The molecule has 0 N–H and O–H groups in total. The van der Waals surface area contributed by atoms with Gasteiger partial charge in [-0.05, 0) is 6.07 Å². The molecule has 1 heterocycles. The van der Waals surface area contributed by atoms with E-state index >= 15 is 0 Å². The van der Waals surface area contributed by atoms with Crippen LogP contribution < -0.4 is 23.6 Å². The number of rotatable bonds is 1. The Labute approximate surface area is 97.9 Å². The van der Waals surface area contributed by atoms with Crippen LogP contribution >= 0.6 is 12.6 Å². The van der Waals surface area contributed by atoms with Gasteiger partial charge in [0.2, 0.25) is 5.88 Å². The van der Waals surface area contributed by atoms with Gasteiger partial charge in [0.05, 0.1) is 17.6 Å². The number of hydrogen-bond donors (Lipinski definition) is 1. The summed E-state index contributed by atoms with van der Waals surface area (Å²) in [6.45, 7) is 0. The number of aromatic nitrogens is 1. The average molecular weight is 217 g/mol. The zero-order valence-electron chi connectivity index (χ0n) is 8.59. The fourth-order valence-corrected chi connectivity index (χ4v) is 1.16. The normalized spacial score (nSPS) is 10.6. The minimum absolute atomic E-state index is 0. The van der Waals surface area contributed by atoms with E-state index in [2.05, 4.69) is 22.3 Å². The third-order valence-electron chi connectivity index (χ3n) is 1.39. The summed E-state index contributed by atoms with van der Waals surface area (Å²) in [6.07, 6.45) is -3.39. The van der Waals surface area contributed by atoms with Crippen LogP contribution in [0.3, 0.4) is 0 Å². The van der Waals surface area contributed by atoms with Gasteiger partial charge in [0.25, 0.3) is 0 Å². The van der Waals surface area contributed by atoms with Crippen molar-refractivity contribution in [2.45, 2.75) is 11.1 Å². The maximum atomic E-state index is 12.2. The number of ether oxygens (including phenoxy) is 1. The van der Waals surface area contributed by atoms with Crippen LogP contribution in [-0.2, 0) is 6.18 Å². The van der Waals surface area contributed by atoms with E-state index in [1.807, 2.05) is 0 Å². The summed E-state index contributed by atoms with van der Waals surface area (Å²) in [5, 5.41) is 0. The molecule has 0 aromatic carbocycles. The summed E-state index contributed by atoms with van der Waals surface area (Å²) in [7, 11) is 1.24. The van der Waals surface area contributed by atoms with Gasteiger partial charge in [0, 0.05) is 6.20 Å². The van der Waals surface area contributed by atoms with Crippen LogP contribution in [0.25, 0.3) is 0 Å². The molecule has 0 saturated heterocycles. The van der Waals surface area contributed by atoms with Crippen LogP contribution in [0, 0.1) is 0 Å². The van der Waals surface area contributed by atoms with Gasteiger partial charge in [0.1, 0.15) is 0 Å². The second kappa shape index (κ2) is 4.96. The van der Waals surface area contributed by atoms with Gasteiger partial charge in [-0.3, -0.25) is 0 Å². The van der Waals surface area contributed by atoms with E-state index in [1.54, 1.807) is 0 Å². The molecule has 7 heteroatoms. The summed E-state index contributed by atoms with van der Waals surface area (Å²) >= 11 is 3.68. The summed E-state index contributed by atoms with van der Waals surface area (Å²) in [5.74, 6) is -0.127. The summed E-state index contributed by atoms with van der Waals surface area (Å²) < 4.78 is 41.3. The molecule has 0 unspecified atom stereocenters. The SMILES string of the molecule is COc1nccc(C(F)(F)F)c1S.[H-].[Li+]. The molecule has 2 nitrogen and oxygen atoms in total. The van der Waals surface area contributed by atoms with Crippen molar-refractivity contribution in [2.24, 2.45) is 0 Å². The van der Waals surface area contributed by atoms with Gasteiger partial charge in [-0.2, -0.15) is 13.2 Å². The Morgan fingerprint density at radius 3 is 2.50 bits per heavy atom. The number of alkyl halides is 3. The predicted molar refractivity (Wildman–Crippen MR) is 44.2 cm³/mol. The number of nitrogens with zero attached hydrogens (tertiary/aromatic N) is 1. The van der Waals surface area contributed by atoms with Gasteiger partial charge < -0.3 is 6.16 Å². The fraction of sp³-hybridized carbons (Fsp3) is 0.286. The summed E-state index contributed by atoms with van der Waals surface area (Å²) in [6, 6.07) is 0.852. The summed E-state index contributed by atoms with van der Waals surface area (Å²) in [5.41, 5.74) is -0.845. The number of methoxy groups -OCH3 is 1. The minimum atomic E-state index is -4.42. The zero-order valence-corrected chi connectivity index (χ0v) is 8.49. The second-order valence-electron chi connectivity index (χ2n) is 2.21. The van der Waals surface area contributed by atoms with E-state index in [9.17, 15) is 13.2 Å². The van der Waals surface area contributed by atoms with Gasteiger partial charge in [-0.15, -0.1) is 12.6 Å². The molecule has 0 aliphatic rings. The van der Waals surface area contributed by atoms with E-state index in [4.69, 9.17) is 0 Å². The zero-order chi connectivity index (χ0) is 10.1. The van der Waals surface area contributed by atoms with Gasteiger partial charge in [0.15, 0.2) is 0 Å². The van der Waals surface area contributed by atoms with Crippen molar-refractivity contribution in [3.05, 3.63) is 17.8 Å². The van der Waals surface area contributed by atoms with Crippen LogP contribution in [0.2, 0.25) is 0 Å². The summed E-state index contributed by atoms with van der Waals surface area (Å²) in [4.78, 5) is 3.28. The Kier molecular flexibility index (Phi) is 4.85. The molecule has 0 bridgehead atoms. The van der Waals surface area contributed by atoms with Crippen molar-refractivity contribution >= 4 is 12.6 Å². The monoisotopic (exact) mass is 217 g/mol. The van der Waals surface area contributed by atoms with Crippen LogP contribution in [0.4, 0.5) is 13.2 Å². The predicted octanol–water partition coefficient (Wildman–Crippen LogP) is -0.486. The van der Waals surface area contributed by atoms with Crippen LogP contribution in [0.5, 0.6) is 5.88 Å². The third kappa shape index (κ3) is 2.84. The molecule has 0 aliphatic carbocycles. The van der Waals surface area contributed by atoms with Crippen molar-refractivity contribution in [2.75, 3.05) is 7.11 Å². The Morgan fingerprint density at radius 2 is 2.07 bits per heavy atom. The van der Waals surface area contributed by atoms with Crippen LogP contribution in [-0.4, -0.2) is 12.1 Å². The smallest absolute Gasteiger partial charge is 1.00 e. The first-order valence-electron chi connectivity index (χ1n) is 3.26. The Balaban J connectivity index is 0. The standard InChI is InChI=1S/C7H6F3NOS.Li.H/c1-12-6-5(13)4(2-3-11-6)7(8,9)10;;/h2-3,13H,1H3;;/q;+1;-1. The van der Waals surface area contributed by atoms with E-state index < -0.39 is 11.7 Å². The Hall–Kier alpha value is -0.313. The number of halogens is 3. The van der Waals surface area contributed by atoms with Gasteiger partial charge in [-0.25, -0.2) is 4.98 Å². The molecule has 0 atom stereocenters. The molecule has 0 amide bonds. The average Bonchev–Trinajstić information content (AvgIpc) is 2.02. The second-order valence-corrected chi connectivity index (χ2v) is 2.66. The molecular weight excluding hydrogens is 210 g/mol. The number of hydrogen-bond acceptors (Lipinski definition) is 3. The first kappa shape index (κ1) is 13.7. The molecule has 74 valence electrons. The van der Waals surface area contributed by atoms with Gasteiger partial charge >= 0.3 is 25.0 Å². The first-order chi connectivity index (χ1) is 5.96. The number of thiol groups is 1. The Morgan fingerprint density at radius 1 is 1.50 bits per heavy atom. The van der Waals surface area contributed by atoms with Crippen LogP contribution in [0.1, 0.15) is 6.99 Å². The van der Waals surface area contributed by atoms with E-state index in [-0.39, 0.29) is 31.1 Å². The maximum absolute atomic E-state index is 12.2. The number of pyridine rings is 1. The molecule has 14 heavy (non-hydrogen) atoms. The van der Waals surface area contributed by atoms with Crippen molar-refractivity contribution in [1.82, 2.24) is 4.98 Å². The molecule has 1 rings (SSSR count). The third-order valence-corrected chi connectivity index (χ3v) is 1.82. The Bertz CT molecular complexity index is 324. The minimum Gasteiger partial charge on any atom is -1.00 e. The molecule has 0 fully saturated rings. The molecule has 1 aromatic rings. The van der Waals surface area contributed by atoms with Crippen molar-refractivity contribution < 1.29 is 38.2 Å². The molecule has 1 aromatic heterocycles. The molecule has 0 saturated carbocycles. The fourth-order valence-electron chi connectivity index (χ4n) is 0.813. The van der Waals surface area contributed by atoms with Crippen LogP contribution in [0.15, 0.2) is 17.2 Å². The van der Waals surface area contributed by atoms with Crippen molar-refractivity contribution in [3.8, 4) is 5.88 Å². The molecule has 0 spiro atoms. The molecule has 0 aliphatic heterocycles. The first-order valence-corrected chi connectivity index (χ1v) is 3.70. The van der Waals surface area contributed by atoms with E-state index in [0.29, 0.717) is 0 Å². The van der Waals surface area contributed by atoms with Gasteiger partial charge in [-0.1, -0.05) is 0 Å². The molecule has 0 radical (unpaired) electrons. The largest absolute Gasteiger partial charge is 1.00 e. The van der Waals surface area contributed by atoms with Crippen molar-refractivity contribution in [1.29, 1.82) is 0 Å². The van der Waals surface area contributed by atoms with E-state index in [0.717, 1.165) is 12.3 Å². The molecular formula is C7H7F3LiNOS. The maximum Gasteiger partial charge on any atom is 1.00 e.